The maximum atomic E-state index is 12.3. The van der Waals surface area contributed by atoms with Crippen LogP contribution in [0.25, 0.3) is 22.2 Å². The van der Waals surface area contributed by atoms with E-state index < -0.39 is 11.5 Å². The first-order chi connectivity index (χ1) is 15.4. The van der Waals surface area contributed by atoms with Crippen LogP contribution in [-0.4, -0.2) is 32.6 Å². The van der Waals surface area contributed by atoms with Gasteiger partial charge in [-0.3, -0.25) is 9.69 Å². The van der Waals surface area contributed by atoms with Crippen LogP contribution in [0.2, 0.25) is 0 Å². The topological polar surface area (TPSA) is 78.3 Å². The third-order valence-electron chi connectivity index (χ3n) is 5.89. The van der Waals surface area contributed by atoms with Gasteiger partial charge >= 0.3 is 5.97 Å². The largest absolute Gasteiger partial charge is 0.477 e. The van der Waals surface area contributed by atoms with Crippen molar-refractivity contribution in [1.82, 2.24) is 14.5 Å². The van der Waals surface area contributed by atoms with Crippen LogP contribution in [0, 0.1) is 0 Å². The Morgan fingerprint density at radius 2 is 1.81 bits per heavy atom. The molecule has 0 bridgehead atoms. The van der Waals surface area contributed by atoms with Gasteiger partial charge in [-0.05, 0) is 54.4 Å². The van der Waals surface area contributed by atoms with Gasteiger partial charge in [0.2, 0.25) is 0 Å². The predicted octanol–water partition coefficient (Wildman–Crippen LogP) is 4.43. The first-order valence-corrected chi connectivity index (χ1v) is 10.7. The van der Waals surface area contributed by atoms with Crippen molar-refractivity contribution in [2.45, 2.75) is 26.4 Å². The Morgan fingerprint density at radius 1 is 1.06 bits per heavy atom. The van der Waals surface area contributed by atoms with Gasteiger partial charge < -0.3 is 14.7 Å². The number of aromatic carboxylic acids is 1. The highest BCUT2D eigenvalue weighted by atomic mass is 16.4. The lowest BCUT2D eigenvalue weighted by molar-refractivity contribution is 0.0695. The zero-order valence-electron chi connectivity index (χ0n) is 18.6. The molecule has 2 aromatic carbocycles. The molecule has 0 saturated carbocycles. The van der Waals surface area contributed by atoms with Crippen LogP contribution < -0.4 is 5.56 Å². The second-order valence-electron chi connectivity index (χ2n) is 8.20. The van der Waals surface area contributed by atoms with E-state index in [9.17, 15) is 14.7 Å². The highest BCUT2D eigenvalue weighted by Crippen LogP contribution is 2.28. The molecule has 164 valence electrons. The highest BCUT2D eigenvalue weighted by Gasteiger charge is 2.15. The Labute approximate surface area is 186 Å². The molecule has 32 heavy (non-hydrogen) atoms. The summed E-state index contributed by atoms with van der Waals surface area (Å²) in [5, 5.41) is 10.3. The van der Waals surface area contributed by atoms with E-state index >= 15 is 0 Å². The number of hydrogen-bond acceptors (Lipinski definition) is 3. The van der Waals surface area contributed by atoms with Crippen LogP contribution in [-0.2, 0) is 26.6 Å². The van der Waals surface area contributed by atoms with Gasteiger partial charge in [0.25, 0.3) is 5.56 Å². The Bertz CT molecular complexity index is 1340. The minimum atomic E-state index is -1.21. The van der Waals surface area contributed by atoms with E-state index in [-0.39, 0.29) is 5.56 Å². The molecule has 0 aliphatic carbocycles. The summed E-state index contributed by atoms with van der Waals surface area (Å²) in [5.41, 5.74) is 5.13. The molecule has 0 unspecified atom stereocenters. The Hall–Kier alpha value is -3.64. The van der Waals surface area contributed by atoms with Crippen LogP contribution in [0.15, 0.2) is 65.5 Å². The Balaban J connectivity index is 1.66. The van der Waals surface area contributed by atoms with Crippen molar-refractivity contribution >= 4 is 16.9 Å². The van der Waals surface area contributed by atoms with Crippen LogP contribution in [0.5, 0.6) is 0 Å². The number of aromatic amines is 1. The predicted molar refractivity (Wildman–Crippen MR) is 127 cm³/mol. The summed E-state index contributed by atoms with van der Waals surface area (Å²) in [6, 6.07) is 20.1. The fourth-order valence-corrected chi connectivity index (χ4v) is 4.21. The minimum absolute atomic E-state index is 0.227. The lowest BCUT2D eigenvalue weighted by atomic mass is 10.0. The molecule has 6 heteroatoms. The van der Waals surface area contributed by atoms with Gasteiger partial charge in [-0.2, -0.15) is 0 Å². The average molecular weight is 430 g/mol. The number of aryl methyl sites for hydroxylation is 2. The summed E-state index contributed by atoms with van der Waals surface area (Å²) >= 11 is 0. The number of rotatable bonds is 7. The number of carbonyl (C=O) groups is 1. The number of hydrogen-bond donors (Lipinski definition) is 2. The lowest BCUT2D eigenvalue weighted by Gasteiger charge is -2.17. The van der Waals surface area contributed by atoms with Crippen LogP contribution in [0.3, 0.4) is 0 Å². The molecule has 0 fully saturated rings. The Morgan fingerprint density at radius 3 is 2.50 bits per heavy atom. The molecule has 0 radical (unpaired) electrons. The van der Waals surface area contributed by atoms with E-state index in [1.54, 1.807) is 0 Å². The van der Waals surface area contributed by atoms with Gasteiger partial charge in [0.05, 0.1) is 5.69 Å². The molecule has 2 heterocycles. The van der Waals surface area contributed by atoms with Crippen molar-refractivity contribution in [1.29, 1.82) is 0 Å². The number of benzene rings is 2. The van der Waals surface area contributed by atoms with Gasteiger partial charge in [0.1, 0.15) is 5.56 Å². The molecule has 2 N–H and O–H groups in total. The maximum absolute atomic E-state index is 12.3. The van der Waals surface area contributed by atoms with Crippen molar-refractivity contribution < 1.29 is 9.90 Å². The fraction of sp³-hybridized carbons (Fsp3) is 0.231. The van der Waals surface area contributed by atoms with Gasteiger partial charge in [-0.15, -0.1) is 0 Å². The first kappa shape index (κ1) is 21.6. The molecule has 0 saturated heterocycles. The normalized spacial score (nSPS) is 11.4. The van der Waals surface area contributed by atoms with Crippen LogP contribution >= 0.6 is 0 Å². The average Bonchev–Trinajstić information content (AvgIpc) is 3.08. The number of H-pyrrole nitrogens is 1. The van der Waals surface area contributed by atoms with E-state index in [2.05, 4.69) is 64.9 Å². The van der Waals surface area contributed by atoms with Crippen molar-refractivity contribution in [3.8, 4) is 11.3 Å². The number of fused-ring (bicyclic) bond motifs is 1. The molecule has 2 aromatic heterocycles. The standard InChI is InChI=1S/C26H27N3O3/c1-4-18-14-22(26(31)32)25(30)27-24(18)19-10-11-23-20(12-19)13-21(29(23)3)16-28(2)15-17-8-6-5-7-9-17/h5-14H,4,15-16H2,1-3H3,(H,27,30)(H,31,32). The Kier molecular flexibility index (Phi) is 5.97. The van der Waals surface area contributed by atoms with Crippen LogP contribution in [0.4, 0.5) is 0 Å². The van der Waals surface area contributed by atoms with Crippen molar-refractivity contribution in [2.75, 3.05) is 7.05 Å². The third kappa shape index (κ3) is 4.22. The zero-order chi connectivity index (χ0) is 22.8. The van der Waals surface area contributed by atoms with E-state index in [4.69, 9.17) is 0 Å². The molecule has 6 nitrogen and oxygen atoms in total. The van der Waals surface area contributed by atoms with E-state index in [1.807, 2.05) is 25.1 Å². The molecule has 0 aliphatic heterocycles. The molecule has 0 amide bonds. The molecule has 0 spiro atoms. The maximum Gasteiger partial charge on any atom is 0.341 e. The molecule has 4 aromatic rings. The quantitative estimate of drug-likeness (QED) is 0.456. The summed E-state index contributed by atoms with van der Waals surface area (Å²) in [4.78, 5) is 28.7. The van der Waals surface area contributed by atoms with Gasteiger partial charge in [0, 0.05) is 36.7 Å². The highest BCUT2D eigenvalue weighted by molar-refractivity contribution is 5.89. The number of carboxylic acid groups (broad SMARTS) is 1. The summed E-state index contributed by atoms with van der Waals surface area (Å²) in [6.45, 7) is 3.62. The van der Waals surface area contributed by atoms with Crippen LogP contribution in [0.1, 0.15) is 34.1 Å². The lowest BCUT2D eigenvalue weighted by Crippen LogP contribution is -2.19. The second kappa shape index (κ2) is 8.85. The second-order valence-corrected chi connectivity index (χ2v) is 8.20. The van der Waals surface area contributed by atoms with Crippen molar-refractivity contribution in [3.63, 3.8) is 0 Å². The summed E-state index contributed by atoms with van der Waals surface area (Å²) in [5.74, 6) is -1.21. The molecular formula is C26H27N3O3. The minimum Gasteiger partial charge on any atom is -0.477 e. The number of aromatic nitrogens is 2. The number of nitrogens with one attached hydrogen (secondary N) is 1. The molecule has 0 aliphatic rings. The monoisotopic (exact) mass is 429 g/mol. The fourth-order valence-electron chi connectivity index (χ4n) is 4.21. The summed E-state index contributed by atoms with van der Waals surface area (Å²) in [6.07, 6.45) is 0.620. The number of nitrogens with zero attached hydrogens (tertiary/aromatic N) is 2. The third-order valence-corrected chi connectivity index (χ3v) is 5.89. The van der Waals surface area contributed by atoms with E-state index in [0.717, 1.165) is 35.1 Å². The summed E-state index contributed by atoms with van der Waals surface area (Å²) < 4.78 is 2.19. The molecule has 0 atom stereocenters. The number of pyridine rings is 1. The smallest absolute Gasteiger partial charge is 0.341 e. The zero-order valence-corrected chi connectivity index (χ0v) is 18.6. The van der Waals surface area contributed by atoms with Gasteiger partial charge in [-0.1, -0.05) is 43.3 Å². The molecule has 4 rings (SSSR count). The van der Waals surface area contributed by atoms with E-state index in [0.29, 0.717) is 12.1 Å². The first-order valence-electron chi connectivity index (χ1n) is 10.7. The van der Waals surface area contributed by atoms with Crippen molar-refractivity contribution in [3.05, 3.63) is 93.4 Å². The van der Waals surface area contributed by atoms with Crippen molar-refractivity contribution in [2.24, 2.45) is 7.05 Å². The SMILES string of the molecule is CCc1cc(C(=O)O)c(=O)[nH]c1-c1ccc2c(c1)cc(CN(C)Cc1ccccc1)n2C. The summed E-state index contributed by atoms with van der Waals surface area (Å²) in [7, 11) is 4.17. The van der Waals surface area contributed by atoms with Gasteiger partial charge in [0.15, 0.2) is 0 Å². The number of carboxylic acids is 1. The van der Waals surface area contributed by atoms with E-state index in [1.165, 1.54) is 17.3 Å². The van der Waals surface area contributed by atoms with Gasteiger partial charge in [-0.25, -0.2) is 4.79 Å². The molecular weight excluding hydrogens is 402 g/mol.